The van der Waals surface area contributed by atoms with Gasteiger partial charge < -0.3 is 15.6 Å². The summed E-state index contributed by atoms with van der Waals surface area (Å²) in [5.41, 5.74) is 4.71. The number of carbonyl (C=O) groups is 2. The van der Waals surface area contributed by atoms with Gasteiger partial charge in [-0.2, -0.15) is 5.10 Å². The summed E-state index contributed by atoms with van der Waals surface area (Å²) in [5, 5.41) is 13.4. The zero-order valence-corrected chi connectivity index (χ0v) is 17.8. The van der Waals surface area contributed by atoms with Crippen LogP contribution in [0.25, 0.3) is 44.8 Å². The number of H-pyrrole nitrogens is 2. The molecule has 0 saturated heterocycles. The van der Waals surface area contributed by atoms with E-state index in [0.717, 1.165) is 16.5 Å². The average molecular weight is 441 g/mol. The van der Waals surface area contributed by atoms with E-state index in [4.69, 9.17) is 0 Å². The van der Waals surface area contributed by atoms with Gasteiger partial charge in [-0.3, -0.25) is 19.7 Å². The van der Waals surface area contributed by atoms with Crippen LogP contribution in [0.4, 0.5) is 5.69 Å². The molecule has 5 rings (SSSR count). The molecule has 11 heteroatoms. The molecule has 5 heterocycles. The predicted octanol–water partition coefficient (Wildman–Crippen LogP) is 2.67. The number of pyridine rings is 3. The normalized spacial score (nSPS) is 11.1. The SMILES string of the molecule is CCC(=O)Nc1cncc(-c2cnc3n[nH]c(-c4nc5nccc(C(=O)NC)c5[nH]4)c3c2)c1. The summed E-state index contributed by atoms with van der Waals surface area (Å²) in [5.74, 6) is 0.158. The van der Waals surface area contributed by atoms with Crippen LogP contribution in [0.1, 0.15) is 23.7 Å². The number of carbonyl (C=O) groups excluding carboxylic acids is 2. The van der Waals surface area contributed by atoms with Gasteiger partial charge in [0.2, 0.25) is 5.91 Å². The summed E-state index contributed by atoms with van der Waals surface area (Å²) in [4.78, 5) is 44.6. The molecule has 0 bridgehead atoms. The van der Waals surface area contributed by atoms with Crippen molar-refractivity contribution in [2.45, 2.75) is 13.3 Å². The van der Waals surface area contributed by atoms with Crippen molar-refractivity contribution in [2.24, 2.45) is 0 Å². The first kappa shape index (κ1) is 20.2. The molecule has 5 aromatic rings. The zero-order chi connectivity index (χ0) is 22.9. The van der Waals surface area contributed by atoms with Crippen LogP contribution < -0.4 is 10.6 Å². The molecule has 0 saturated carbocycles. The molecule has 0 unspecified atom stereocenters. The van der Waals surface area contributed by atoms with Crippen molar-refractivity contribution >= 4 is 39.7 Å². The number of aromatic amines is 2. The average Bonchev–Trinajstić information content (AvgIpc) is 3.47. The fourth-order valence-electron chi connectivity index (χ4n) is 3.51. The summed E-state index contributed by atoms with van der Waals surface area (Å²) in [7, 11) is 1.57. The van der Waals surface area contributed by atoms with E-state index < -0.39 is 0 Å². The van der Waals surface area contributed by atoms with E-state index in [1.807, 2.05) is 12.1 Å². The first-order chi connectivity index (χ1) is 16.1. The second-order valence-electron chi connectivity index (χ2n) is 7.28. The largest absolute Gasteiger partial charge is 0.355 e. The number of rotatable bonds is 5. The number of hydrogen-bond acceptors (Lipinski definition) is 7. The Kier molecular flexibility index (Phi) is 4.98. The van der Waals surface area contributed by atoms with Crippen molar-refractivity contribution in [3.63, 3.8) is 0 Å². The number of aromatic nitrogens is 7. The number of nitrogens with zero attached hydrogens (tertiary/aromatic N) is 5. The number of imidazole rings is 1. The van der Waals surface area contributed by atoms with Gasteiger partial charge in [-0.25, -0.2) is 15.0 Å². The molecule has 0 spiro atoms. The Hall–Kier alpha value is -4.67. The standard InChI is InChI=1S/C22H19N9O2/c1-3-16(32)27-13-6-11(8-24-10-13)12-7-15-18(30-31-19(15)26-9-12)21-28-17-14(22(33)23-2)4-5-25-20(17)29-21/h4-10H,3H2,1-2H3,(H,23,33)(H,27,32)(H,25,28,29)(H,26,30,31). The highest BCUT2D eigenvalue weighted by molar-refractivity contribution is 6.05. The third-order valence-electron chi connectivity index (χ3n) is 5.19. The smallest absolute Gasteiger partial charge is 0.253 e. The second-order valence-corrected chi connectivity index (χ2v) is 7.28. The van der Waals surface area contributed by atoms with Gasteiger partial charge in [0.15, 0.2) is 17.1 Å². The van der Waals surface area contributed by atoms with Crippen LogP contribution in [0, 0.1) is 0 Å². The van der Waals surface area contributed by atoms with Gasteiger partial charge in [0.1, 0.15) is 5.69 Å². The lowest BCUT2D eigenvalue weighted by Gasteiger charge is -2.06. The lowest BCUT2D eigenvalue weighted by atomic mass is 10.1. The molecule has 33 heavy (non-hydrogen) atoms. The van der Waals surface area contributed by atoms with E-state index in [2.05, 4.69) is 45.8 Å². The molecule has 0 fully saturated rings. The molecule has 0 aliphatic heterocycles. The minimum absolute atomic E-state index is 0.0886. The predicted molar refractivity (Wildman–Crippen MR) is 122 cm³/mol. The highest BCUT2D eigenvalue weighted by atomic mass is 16.2. The Morgan fingerprint density at radius 3 is 2.73 bits per heavy atom. The Balaban J connectivity index is 1.58. The van der Waals surface area contributed by atoms with Crippen molar-refractivity contribution < 1.29 is 9.59 Å². The maximum Gasteiger partial charge on any atom is 0.253 e. The van der Waals surface area contributed by atoms with Crippen LogP contribution in [0.2, 0.25) is 0 Å². The second kappa shape index (κ2) is 8.11. The van der Waals surface area contributed by atoms with Crippen molar-refractivity contribution in [1.29, 1.82) is 0 Å². The van der Waals surface area contributed by atoms with Crippen LogP contribution >= 0.6 is 0 Å². The molecule has 5 aromatic heterocycles. The van der Waals surface area contributed by atoms with Gasteiger partial charge in [-0.05, 0) is 18.2 Å². The van der Waals surface area contributed by atoms with Crippen LogP contribution in [0.3, 0.4) is 0 Å². The lowest BCUT2D eigenvalue weighted by Crippen LogP contribution is -2.18. The summed E-state index contributed by atoms with van der Waals surface area (Å²) >= 11 is 0. The van der Waals surface area contributed by atoms with E-state index in [1.54, 1.807) is 44.8 Å². The highest BCUT2D eigenvalue weighted by Gasteiger charge is 2.18. The molecule has 164 valence electrons. The number of hydrogen-bond donors (Lipinski definition) is 4. The van der Waals surface area contributed by atoms with E-state index in [9.17, 15) is 9.59 Å². The van der Waals surface area contributed by atoms with Crippen molar-refractivity contribution in [3.8, 4) is 22.6 Å². The molecular formula is C22H19N9O2. The Bertz CT molecular complexity index is 1520. The Morgan fingerprint density at radius 1 is 1.06 bits per heavy atom. The zero-order valence-electron chi connectivity index (χ0n) is 17.8. The third-order valence-corrected chi connectivity index (χ3v) is 5.19. The minimum Gasteiger partial charge on any atom is -0.355 e. The van der Waals surface area contributed by atoms with Gasteiger partial charge >= 0.3 is 0 Å². The summed E-state index contributed by atoms with van der Waals surface area (Å²) in [6.07, 6.45) is 6.91. The number of anilines is 1. The lowest BCUT2D eigenvalue weighted by molar-refractivity contribution is -0.115. The maximum atomic E-state index is 12.2. The monoisotopic (exact) mass is 441 g/mol. The molecule has 0 atom stereocenters. The van der Waals surface area contributed by atoms with E-state index >= 15 is 0 Å². The summed E-state index contributed by atoms with van der Waals surface area (Å²) in [6.45, 7) is 1.79. The van der Waals surface area contributed by atoms with Crippen molar-refractivity contribution in [2.75, 3.05) is 12.4 Å². The molecule has 11 nitrogen and oxygen atoms in total. The molecule has 0 aliphatic carbocycles. The van der Waals surface area contributed by atoms with Crippen LogP contribution in [0.5, 0.6) is 0 Å². The fourth-order valence-corrected chi connectivity index (χ4v) is 3.51. The van der Waals surface area contributed by atoms with Crippen LogP contribution in [-0.2, 0) is 4.79 Å². The van der Waals surface area contributed by atoms with E-state index in [0.29, 0.717) is 46.0 Å². The number of amides is 2. The molecule has 2 amide bonds. The summed E-state index contributed by atoms with van der Waals surface area (Å²) < 4.78 is 0. The van der Waals surface area contributed by atoms with E-state index in [-0.39, 0.29) is 11.8 Å². The molecule has 0 aliphatic rings. The molecular weight excluding hydrogens is 422 g/mol. The van der Waals surface area contributed by atoms with Crippen LogP contribution in [-0.4, -0.2) is 54.0 Å². The quantitative estimate of drug-likeness (QED) is 0.327. The van der Waals surface area contributed by atoms with Gasteiger partial charge in [0, 0.05) is 43.2 Å². The fraction of sp³-hybridized carbons (Fsp3) is 0.136. The van der Waals surface area contributed by atoms with E-state index in [1.165, 1.54) is 0 Å². The van der Waals surface area contributed by atoms with Crippen molar-refractivity contribution in [3.05, 3.63) is 48.5 Å². The first-order valence-electron chi connectivity index (χ1n) is 10.2. The van der Waals surface area contributed by atoms with Gasteiger partial charge in [-0.15, -0.1) is 0 Å². The molecule has 4 N–H and O–H groups in total. The third kappa shape index (κ3) is 3.65. The summed E-state index contributed by atoms with van der Waals surface area (Å²) in [6, 6.07) is 5.39. The van der Waals surface area contributed by atoms with Crippen molar-refractivity contribution in [1.82, 2.24) is 40.4 Å². The van der Waals surface area contributed by atoms with Gasteiger partial charge in [-0.1, -0.05) is 6.92 Å². The Morgan fingerprint density at radius 2 is 1.91 bits per heavy atom. The topological polar surface area (TPSA) is 154 Å². The Labute approximate surface area is 187 Å². The van der Waals surface area contributed by atoms with Gasteiger partial charge in [0.05, 0.1) is 28.4 Å². The van der Waals surface area contributed by atoms with Crippen LogP contribution in [0.15, 0.2) is 43.0 Å². The number of nitrogens with one attached hydrogen (secondary N) is 4. The highest BCUT2D eigenvalue weighted by Crippen LogP contribution is 2.30. The number of fused-ring (bicyclic) bond motifs is 2. The maximum absolute atomic E-state index is 12.2. The minimum atomic E-state index is -0.237. The van der Waals surface area contributed by atoms with Gasteiger partial charge in [0.25, 0.3) is 5.91 Å². The molecule has 0 aromatic carbocycles. The molecule has 0 radical (unpaired) electrons. The first-order valence-corrected chi connectivity index (χ1v) is 10.2.